The van der Waals surface area contributed by atoms with E-state index in [0.29, 0.717) is 17.9 Å². The van der Waals surface area contributed by atoms with Crippen LogP contribution < -0.4 is 4.74 Å². The van der Waals surface area contributed by atoms with Crippen LogP contribution in [0.25, 0.3) is 10.9 Å². The number of para-hydroxylation sites is 1. The zero-order valence-electron chi connectivity index (χ0n) is 18.8. The number of fused-ring (bicyclic) bond motifs is 1. The summed E-state index contributed by atoms with van der Waals surface area (Å²) in [5.41, 5.74) is 3.05. The van der Waals surface area contributed by atoms with Crippen LogP contribution in [0.4, 0.5) is 0 Å². The van der Waals surface area contributed by atoms with Gasteiger partial charge in [0, 0.05) is 21.6 Å². The quantitative estimate of drug-likeness (QED) is 0.270. The minimum atomic E-state index is -3.76. The van der Waals surface area contributed by atoms with Crippen molar-refractivity contribution in [1.82, 2.24) is 3.97 Å². The maximum Gasteiger partial charge on any atom is 0.310 e. The summed E-state index contributed by atoms with van der Waals surface area (Å²) < 4.78 is 39.7. The third-order valence-electron chi connectivity index (χ3n) is 5.37. The summed E-state index contributed by atoms with van der Waals surface area (Å²) in [6, 6.07) is 19.6. The van der Waals surface area contributed by atoms with Gasteiger partial charge in [0.15, 0.2) is 0 Å². The van der Waals surface area contributed by atoms with Gasteiger partial charge in [0.2, 0.25) is 0 Å². The molecule has 0 amide bonds. The monoisotopic (exact) mass is 541 g/mol. The molecule has 176 valence electrons. The molecule has 0 bridgehead atoms. The summed E-state index contributed by atoms with van der Waals surface area (Å²) in [5.74, 6) is 0.260. The van der Waals surface area contributed by atoms with E-state index in [1.807, 2.05) is 31.2 Å². The van der Waals surface area contributed by atoms with Crippen LogP contribution in [-0.2, 0) is 32.6 Å². The van der Waals surface area contributed by atoms with E-state index in [-0.39, 0.29) is 23.9 Å². The zero-order valence-corrected chi connectivity index (χ0v) is 21.2. The molecule has 0 N–H and O–H groups in total. The highest BCUT2D eigenvalue weighted by Gasteiger charge is 2.20. The molecule has 0 unspecified atom stereocenters. The molecule has 0 saturated heterocycles. The lowest BCUT2D eigenvalue weighted by Crippen LogP contribution is -2.12. The van der Waals surface area contributed by atoms with Gasteiger partial charge in [0.1, 0.15) is 12.4 Å². The minimum Gasteiger partial charge on any atom is -0.489 e. The molecule has 0 saturated carbocycles. The molecule has 4 rings (SSSR count). The lowest BCUT2D eigenvalue weighted by Gasteiger charge is -2.13. The number of benzene rings is 3. The van der Waals surface area contributed by atoms with E-state index in [9.17, 15) is 13.2 Å². The number of hydrogen-bond acceptors (Lipinski definition) is 5. The van der Waals surface area contributed by atoms with Crippen molar-refractivity contribution in [3.05, 3.63) is 94.1 Å². The van der Waals surface area contributed by atoms with Crippen molar-refractivity contribution in [3.8, 4) is 5.75 Å². The molecule has 4 aromatic rings. The first-order valence-corrected chi connectivity index (χ1v) is 13.0. The van der Waals surface area contributed by atoms with E-state index in [1.54, 1.807) is 55.6 Å². The van der Waals surface area contributed by atoms with Gasteiger partial charge in [0.05, 0.1) is 23.4 Å². The van der Waals surface area contributed by atoms with Crippen LogP contribution in [0.15, 0.2) is 82.3 Å². The Morgan fingerprint density at radius 3 is 2.50 bits per heavy atom. The maximum atomic E-state index is 13.3. The van der Waals surface area contributed by atoms with Gasteiger partial charge in [-0.1, -0.05) is 51.8 Å². The third-order valence-corrected chi connectivity index (χ3v) is 7.73. The van der Waals surface area contributed by atoms with Crippen LogP contribution in [0.5, 0.6) is 5.75 Å². The van der Waals surface area contributed by atoms with E-state index in [2.05, 4.69) is 15.9 Å². The molecule has 0 aliphatic heterocycles. The van der Waals surface area contributed by atoms with Gasteiger partial charge in [-0.25, -0.2) is 12.4 Å². The van der Waals surface area contributed by atoms with Crippen molar-refractivity contribution in [2.45, 2.75) is 31.8 Å². The number of rotatable bonds is 8. The summed E-state index contributed by atoms with van der Waals surface area (Å²) in [4.78, 5) is 12.1. The molecule has 0 atom stereocenters. The number of nitrogens with zero attached hydrogens (tertiary/aromatic N) is 1. The molecule has 8 heteroatoms. The highest BCUT2D eigenvalue weighted by Crippen LogP contribution is 2.30. The van der Waals surface area contributed by atoms with Crippen molar-refractivity contribution in [2.75, 3.05) is 6.61 Å². The largest absolute Gasteiger partial charge is 0.489 e. The Morgan fingerprint density at radius 1 is 1.03 bits per heavy atom. The van der Waals surface area contributed by atoms with Crippen LogP contribution in [0.3, 0.4) is 0 Å². The Hall–Kier alpha value is -3.10. The summed E-state index contributed by atoms with van der Waals surface area (Å²) in [6.45, 7) is 4.20. The number of carbonyl (C=O) groups excluding carboxylic acids is 1. The number of esters is 1. The number of carbonyl (C=O) groups is 1. The lowest BCUT2D eigenvalue weighted by atomic mass is 10.1. The van der Waals surface area contributed by atoms with Crippen LogP contribution in [-0.4, -0.2) is 25.0 Å². The summed E-state index contributed by atoms with van der Waals surface area (Å²) in [5, 5.41) is 0.780. The van der Waals surface area contributed by atoms with Gasteiger partial charge in [-0.2, -0.15) is 0 Å². The number of aromatic nitrogens is 1. The van der Waals surface area contributed by atoms with Gasteiger partial charge < -0.3 is 9.47 Å². The van der Waals surface area contributed by atoms with E-state index in [1.165, 1.54) is 3.97 Å². The van der Waals surface area contributed by atoms with Crippen molar-refractivity contribution >= 4 is 42.8 Å². The zero-order chi connectivity index (χ0) is 24.3. The molecular formula is C26H24BrNO5S. The second kappa shape index (κ2) is 10.0. The Balaban J connectivity index is 1.64. The molecular weight excluding hydrogens is 518 g/mol. The summed E-state index contributed by atoms with van der Waals surface area (Å²) in [6.07, 6.45) is 1.67. The fourth-order valence-electron chi connectivity index (χ4n) is 3.66. The van der Waals surface area contributed by atoms with Crippen LogP contribution in [0, 0.1) is 6.92 Å². The van der Waals surface area contributed by atoms with Gasteiger partial charge in [-0.05, 0) is 55.8 Å². The Labute approximate surface area is 207 Å². The molecule has 0 radical (unpaired) electrons. The SMILES string of the molecule is CCOC(=O)Cc1ccccc1OCc1cc(Br)c2ccn(S(=O)(=O)c3ccc(C)cc3)c2c1. The van der Waals surface area contributed by atoms with E-state index in [0.717, 1.165) is 26.5 Å². The first-order chi connectivity index (χ1) is 16.3. The molecule has 0 spiro atoms. The van der Waals surface area contributed by atoms with Crippen molar-refractivity contribution < 1.29 is 22.7 Å². The second-order valence-electron chi connectivity index (χ2n) is 7.82. The van der Waals surface area contributed by atoms with Gasteiger partial charge in [-0.3, -0.25) is 4.79 Å². The van der Waals surface area contributed by atoms with E-state index < -0.39 is 10.0 Å². The number of aryl methyl sites for hydroxylation is 1. The molecule has 6 nitrogen and oxygen atoms in total. The van der Waals surface area contributed by atoms with Crippen molar-refractivity contribution in [1.29, 1.82) is 0 Å². The lowest BCUT2D eigenvalue weighted by molar-refractivity contribution is -0.142. The Kier molecular flexibility index (Phi) is 7.09. The third kappa shape index (κ3) is 5.03. The predicted octanol–water partition coefficient (Wildman–Crippen LogP) is 5.63. The molecule has 0 aliphatic rings. The Morgan fingerprint density at radius 2 is 1.76 bits per heavy atom. The molecule has 1 heterocycles. The van der Waals surface area contributed by atoms with E-state index in [4.69, 9.17) is 9.47 Å². The second-order valence-corrected chi connectivity index (χ2v) is 10.5. The molecule has 0 fully saturated rings. The van der Waals surface area contributed by atoms with Crippen molar-refractivity contribution in [2.24, 2.45) is 0 Å². The standard InChI is InChI=1S/C26H24BrNO5S/c1-3-32-26(29)16-20-6-4-5-7-25(20)33-17-19-14-23(27)22-12-13-28(24(22)15-19)34(30,31)21-10-8-18(2)9-11-21/h4-15H,3,16-17H2,1-2H3. The maximum absolute atomic E-state index is 13.3. The van der Waals surface area contributed by atoms with E-state index >= 15 is 0 Å². The molecule has 0 aliphatic carbocycles. The number of hydrogen-bond donors (Lipinski definition) is 0. The smallest absolute Gasteiger partial charge is 0.310 e. The predicted molar refractivity (Wildman–Crippen MR) is 135 cm³/mol. The Bertz CT molecular complexity index is 1440. The molecule has 3 aromatic carbocycles. The van der Waals surface area contributed by atoms with Crippen LogP contribution in [0.2, 0.25) is 0 Å². The average Bonchev–Trinajstić information content (AvgIpc) is 3.24. The highest BCUT2D eigenvalue weighted by atomic mass is 79.9. The van der Waals surface area contributed by atoms with Gasteiger partial charge in [-0.15, -0.1) is 0 Å². The van der Waals surface area contributed by atoms with Gasteiger partial charge >= 0.3 is 5.97 Å². The first-order valence-electron chi connectivity index (χ1n) is 10.8. The number of halogens is 1. The average molecular weight is 542 g/mol. The topological polar surface area (TPSA) is 74.6 Å². The normalized spacial score (nSPS) is 11.5. The minimum absolute atomic E-state index is 0.115. The van der Waals surface area contributed by atoms with Crippen LogP contribution in [0.1, 0.15) is 23.6 Å². The van der Waals surface area contributed by atoms with Crippen molar-refractivity contribution in [3.63, 3.8) is 0 Å². The molecule has 1 aromatic heterocycles. The fourth-order valence-corrected chi connectivity index (χ4v) is 5.63. The number of ether oxygens (including phenoxy) is 2. The first kappa shape index (κ1) is 24.0. The summed E-state index contributed by atoms with van der Waals surface area (Å²) in [7, 11) is -3.76. The van der Waals surface area contributed by atoms with Gasteiger partial charge in [0.25, 0.3) is 10.0 Å². The fraction of sp³-hybridized carbons (Fsp3) is 0.192. The summed E-state index contributed by atoms with van der Waals surface area (Å²) >= 11 is 3.56. The highest BCUT2D eigenvalue weighted by molar-refractivity contribution is 9.10. The van der Waals surface area contributed by atoms with Crippen LogP contribution >= 0.6 is 15.9 Å². The molecule has 34 heavy (non-hydrogen) atoms.